The van der Waals surface area contributed by atoms with E-state index in [2.05, 4.69) is 4.98 Å². The highest BCUT2D eigenvalue weighted by Gasteiger charge is 2.44. The number of aryl methyl sites for hydroxylation is 1. The largest absolute Gasteiger partial charge is 0.480 e. The maximum atomic E-state index is 11.1. The standard InChI is InChI=1S/C9H11N3O4S/c1-11-3-2-10-6(11)7-12(9(15)16)5(4-17-7)8(13)14/h2-3,5,7H,4H2,1H3,(H,13,14)(H,15,16). The van der Waals surface area contributed by atoms with Crippen molar-refractivity contribution < 1.29 is 19.8 Å². The number of imidazole rings is 1. The highest BCUT2D eigenvalue weighted by molar-refractivity contribution is 7.99. The number of carbonyl (C=O) groups is 2. The van der Waals surface area contributed by atoms with E-state index >= 15 is 0 Å². The van der Waals surface area contributed by atoms with Gasteiger partial charge in [-0.05, 0) is 0 Å². The summed E-state index contributed by atoms with van der Waals surface area (Å²) in [7, 11) is 1.75. The van der Waals surface area contributed by atoms with Gasteiger partial charge in [0.15, 0.2) is 0 Å². The molecule has 2 heterocycles. The lowest BCUT2D eigenvalue weighted by Crippen LogP contribution is -2.42. The van der Waals surface area contributed by atoms with Crippen LogP contribution in [0.3, 0.4) is 0 Å². The first-order valence-electron chi connectivity index (χ1n) is 4.85. The summed E-state index contributed by atoms with van der Waals surface area (Å²) in [4.78, 5) is 27.1. The highest BCUT2D eigenvalue weighted by atomic mass is 32.2. The quantitative estimate of drug-likeness (QED) is 0.805. The molecule has 1 aliphatic rings. The molecule has 2 atom stereocenters. The minimum atomic E-state index is -1.24. The Hall–Kier alpha value is -1.70. The van der Waals surface area contributed by atoms with Gasteiger partial charge in [0, 0.05) is 25.2 Å². The summed E-state index contributed by atoms with van der Waals surface area (Å²) in [6.45, 7) is 0. The Bertz CT molecular complexity index is 461. The molecule has 1 aromatic rings. The van der Waals surface area contributed by atoms with Crippen molar-refractivity contribution in [2.75, 3.05) is 5.75 Å². The van der Waals surface area contributed by atoms with Crippen LogP contribution in [0.5, 0.6) is 0 Å². The van der Waals surface area contributed by atoms with Crippen LogP contribution in [0.4, 0.5) is 4.79 Å². The van der Waals surface area contributed by atoms with Crippen LogP contribution in [0, 0.1) is 0 Å². The van der Waals surface area contributed by atoms with Crippen LogP contribution in [-0.4, -0.2) is 48.5 Å². The molecular weight excluding hydrogens is 246 g/mol. The van der Waals surface area contributed by atoms with Crippen molar-refractivity contribution in [3.8, 4) is 0 Å². The maximum absolute atomic E-state index is 11.1. The predicted octanol–water partition coefficient (Wildman–Crippen LogP) is 0.599. The minimum Gasteiger partial charge on any atom is -0.480 e. The SMILES string of the molecule is Cn1ccnc1C1SCC(C(=O)O)N1C(=O)O. The molecule has 2 N–H and O–H groups in total. The first kappa shape index (κ1) is 11.8. The highest BCUT2D eigenvalue weighted by Crippen LogP contribution is 2.40. The average molecular weight is 257 g/mol. The minimum absolute atomic E-state index is 0.235. The van der Waals surface area contributed by atoms with Crippen LogP contribution in [0.1, 0.15) is 11.2 Å². The van der Waals surface area contributed by atoms with Crippen LogP contribution in [0.15, 0.2) is 12.4 Å². The van der Waals surface area contributed by atoms with Gasteiger partial charge >= 0.3 is 12.1 Å². The normalized spacial score (nSPS) is 23.9. The number of carboxylic acid groups (broad SMARTS) is 2. The lowest BCUT2D eigenvalue weighted by molar-refractivity contribution is -0.141. The molecule has 0 bridgehead atoms. The molecule has 2 rings (SSSR count). The molecule has 0 radical (unpaired) electrons. The van der Waals surface area contributed by atoms with Crippen molar-refractivity contribution in [1.29, 1.82) is 0 Å². The van der Waals surface area contributed by atoms with Gasteiger partial charge in [-0.15, -0.1) is 11.8 Å². The van der Waals surface area contributed by atoms with E-state index in [-0.39, 0.29) is 5.75 Å². The van der Waals surface area contributed by atoms with Crippen molar-refractivity contribution in [2.45, 2.75) is 11.4 Å². The van der Waals surface area contributed by atoms with Crippen molar-refractivity contribution in [2.24, 2.45) is 7.05 Å². The molecule has 1 amide bonds. The number of thioether (sulfide) groups is 1. The third-order valence-electron chi connectivity index (χ3n) is 2.59. The lowest BCUT2D eigenvalue weighted by atomic mass is 10.3. The molecule has 8 heteroatoms. The fraction of sp³-hybridized carbons (Fsp3) is 0.444. The summed E-state index contributed by atoms with van der Waals surface area (Å²) in [5.41, 5.74) is 0. The zero-order valence-electron chi connectivity index (χ0n) is 8.98. The van der Waals surface area contributed by atoms with Gasteiger partial charge in [0.05, 0.1) is 0 Å². The van der Waals surface area contributed by atoms with Crippen LogP contribution >= 0.6 is 11.8 Å². The summed E-state index contributed by atoms with van der Waals surface area (Å²) in [5.74, 6) is -0.350. The van der Waals surface area contributed by atoms with Gasteiger partial charge in [-0.3, -0.25) is 4.90 Å². The van der Waals surface area contributed by atoms with E-state index in [9.17, 15) is 9.59 Å². The van der Waals surface area contributed by atoms with Crippen molar-refractivity contribution in [1.82, 2.24) is 14.5 Å². The number of amides is 1. The number of nitrogens with zero attached hydrogens (tertiary/aromatic N) is 3. The summed E-state index contributed by atoms with van der Waals surface area (Å²) < 4.78 is 1.69. The van der Waals surface area contributed by atoms with Gasteiger partial charge in [-0.25, -0.2) is 14.6 Å². The molecule has 1 aliphatic heterocycles. The predicted molar refractivity (Wildman–Crippen MR) is 59.7 cm³/mol. The molecule has 17 heavy (non-hydrogen) atoms. The lowest BCUT2D eigenvalue weighted by Gasteiger charge is -2.23. The van der Waals surface area contributed by atoms with E-state index in [0.717, 1.165) is 4.90 Å². The Labute approximate surface area is 101 Å². The summed E-state index contributed by atoms with van der Waals surface area (Å²) in [6.07, 6.45) is 2.02. The number of hydrogen-bond donors (Lipinski definition) is 2. The molecule has 1 aromatic heterocycles. The Morgan fingerprint density at radius 2 is 2.24 bits per heavy atom. The summed E-state index contributed by atoms with van der Waals surface area (Å²) >= 11 is 1.27. The maximum Gasteiger partial charge on any atom is 0.409 e. The molecule has 7 nitrogen and oxygen atoms in total. The number of rotatable bonds is 2. The van der Waals surface area contributed by atoms with Gasteiger partial charge in [-0.2, -0.15) is 0 Å². The van der Waals surface area contributed by atoms with E-state index in [1.165, 1.54) is 11.8 Å². The summed E-state index contributed by atoms with van der Waals surface area (Å²) in [5, 5.41) is 17.5. The number of aromatic nitrogens is 2. The monoisotopic (exact) mass is 257 g/mol. The van der Waals surface area contributed by atoms with Gasteiger partial charge in [0.2, 0.25) is 0 Å². The fourth-order valence-electron chi connectivity index (χ4n) is 1.74. The van der Waals surface area contributed by atoms with Gasteiger partial charge in [0.25, 0.3) is 0 Å². The first-order valence-corrected chi connectivity index (χ1v) is 5.90. The molecule has 1 fully saturated rings. The van der Waals surface area contributed by atoms with Gasteiger partial charge in [0.1, 0.15) is 17.2 Å². The molecule has 92 valence electrons. The van der Waals surface area contributed by atoms with E-state index in [4.69, 9.17) is 10.2 Å². The summed E-state index contributed by atoms with van der Waals surface area (Å²) in [6, 6.07) is -1.01. The second-order valence-corrected chi connectivity index (χ2v) is 4.74. The second kappa shape index (κ2) is 4.28. The van der Waals surface area contributed by atoms with E-state index in [1.54, 1.807) is 24.0 Å². The number of carboxylic acids is 1. The van der Waals surface area contributed by atoms with Gasteiger partial charge in [-0.1, -0.05) is 0 Å². The van der Waals surface area contributed by atoms with Crippen LogP contribution < -0.4 is 0 Å². The van der Waals surface area contributed by atoms with Crippen molar-refractivity contribution in [3.63, 3.8) is 0 Å². The van der Waals surface area contributed by atoms with Crippen LogP contribution in [-0.2, 0) is 11.8 Å². The third kappa shape index (κ3) is 1.95. The Morgan fingerprint density at radius 1 is 1.53 bits per heavy atom. The van der Waals surface area contributed by atoms with E-state index in [1.807, 2.05) is 0 Å². The molecule has 1 saturated heterocycles. The van der Waals surface area contributed by atoms with Crippen molar-refractivity contribution >= 4 is 23.8 Å². The molecule has 0 aliphatic carbocycles. The number of hydrogen-bond acceptors (Lipinski definition) is 4. The molecule has 2 unspecified atom stereocenters. The van der Waals surface area contributed by atoms with Gasteiger partial charge < -0.3 is 14.8 Å². The zero-order valence-corrected chi connectivity index (χ0v) is 9.79. The Kier molecular flexibility index (Phi) is 2.97. The first-order chi connectivity index (χ1) is 8.02. The molecule has 0 saturated carbocycles. The topological polar surface area (TPSA) is 95.7 Å². The Morgan fingerprint density at radius 3 is 2.71 bits per heavy atom. The Balaban J connectivity index is 2.33. The van der Waals surface area contributed by atoms with E-state index < -0.39 is 23.5 Å². The van der Waals surface area contributed by atoms with Crippen LogP contribution in [0.2, 0.25) is 0 Å². The van der Waals surface area contributed by atoms with Crippen molar-refractivity contribution in [3.05, 3.63) is 18.2 Å². The number of aliphatic carboxylic acids is 1. The average Bonchev–Trinajstić information content (AvgIpc) is 2.82. The molecule has 0 aromatic carbocycles. The smallest absolute Gasteiger partial charge is 0.409 e. The zero-order chi connectivity index (χ0) is 12.6. The molecular formula is C9H11N3O4S. The van der Waals surface area contributed by atoms with Crippen LogP contribution in [0.25, 0.3) is 0 Å². The third-order valence-corrected chi connectivity index (χ3v) is 3.85. The fourth-order valence-corrected chi connectivity index (χ4v) is 3.19. The second-order valence-electron chi connectivity index (χ2n) is 3.63. The molecule has 0 spiro atoms. The van der Waals surface area contributed by atoms with E-state index in [0.29, 0.717) is 5.82 Å².